The van der Waals surface area contributed by atoms with Gasteiger partial charge in [-0.2, -0.15) is 0 Å². The summed E-state index contributed by atoms with van der Waals surface area (Å²) in [5, 5.41) is 0. The van der Waals surface area contributed by atoms with Gasteiger partial charge in [-0.25, -0.2) is 4.79 Å². The smallest absolute Gasteiger partial charge is 0.330 e. The van der Waals surface area contributed by atoms with Crippen molar-refractivity contribution in [1.29, 1.82) is 0 Å². The number of benzene rings is 1. The summed E-state index contributed by atoms with van der Waals surface area (Å²) in [6.07, 6.45) is 7.73. The average molecular weight is 246 g/mol. The summed E-state index contributed by atoms with van der Waals surface area (Å²) >= 11 is 0. The number of aryl methyl sites for hydroxylation is 2. The molecule has 18 heavy (non-hydrogen) atoms. The predicted molar refractivity (Wildman–Crippen MR) is 75.5 cm³/mol. The molecule has 0 aliphatic carbocycles. The molecule has 0 amide bonds. The lowest BCUT2D eigenvalue weighted by atomic mass is 9.98. The first-order valence-corrected chi connectivity index (χ1v) is 6.59. The molecule has 0 N–H and O–H groups in total. The Morgan fingerprint density at radius 1 is 1.22 bits per heavy atom. The largest absolute Gasteiger partial charge is 0.466 e. The van der Waals surface area contributed by atoms with E-state index in [1.165, 1.54) is 24.3 Å². The summed E-state index contributed by atoms with van der Waals surface area (Å²) in [4.78, 5) is 11.1. The quantitative estimate of drug-likeness (QED) is 0.564. The fraction of sp³-hybridized carbons (Fsp3) is 0.438. The average Bonchev–Trinajstić information content (AvgIpc) is 2.38. The molecule has 0 saturated heterocycles. The Kier molecular flexibility index (Phi) is 6.20. The van der Waals surface area contributed by atoms with Crippen LogP contribution in [0, 0.1) is 0 Å². The van der Waals surface area contributed by atoms with E-state index in [-0.39, 0.29) is 5.97 Å². The standard InChI is InChI=1S/C16H22O2/c1-4-6-13-8-9-14(10-11-16(17)18-3)15(12-13)7-5-2/h8-12H,4-7H2,1-3H3/b11-10+. The van der Waals surface area contributed by atoms with Crippen molar-refractivity contribution in [3.8, 4) is 0 Å². The van der Waals surface area contributed by atoms with E-state index in [0.717, 1.165) is 31.2 Å². The number of ether oxygens (including phenoxy) is 1. The molecule has 0 unspecified atom stereocenters. The van der Waals surface area contributed by atoms with Gasteiger partial charge in [0.25, 0.3) is 0 Å². The zero-order valence-corrected chi connectivity index (χ0v) is 11.5. The fourth-order valence-corrected chi connectivity index (χ4v) is 1.98. The van der Waals surface area contributed by atoms with Crippen LogP contribution in [0.15, 0.2) is 24.3 Å². The normalized spacial score (nSPS) is 10.8. The van der Waals surface area contributed by atoms with Gasteiger partial charge < -0.3 is 4.74 Å². The molecule has 0 spiro atoms. The molecule has 1 rings (SSSR count). The van der Waals surface area contributed by atoms with Crippen molar-refractivity contribution in [2.45, 2.75) is 39.5 Å². The van der Waals surface area contributed by atoms with E-state index in [2.05, 4.69) is 36.8 Å². The van der Waals surface area contributed by atoms with Crippen molar-refractivity contribution in [1.82, 2.24) is 0 Å². The van der Waals surface area contributed by atoms with Crippen LogP contribution in [0.5, 0.6) is 0 Å². The van der Waals surface area contributed by atoms with Crippen LogP contribution in [0.25, 0.3) is 6.08 Å². The lowest BCUT2D eigenvalue weighted by molar-refractivity contribution is -0.134. The topological polar surface area (TPSA) is 26.3 Å². The third-order valence-electron chi connectivity index (χ3n) is 2.87. The molecule has 0 saturated carbocycles. The first kappa shape index (κ1) is 14.5. The van der Waals surface area contributed by atoms with Gasteiger partial charge in [0.15, 0.2) is 0 Å². The Labute approximate surface area is 110 Å². The fourth-order valence-electron chi connectivity index (χ4n) is 1.98. The Bertz CT molecular complexity index is 419. The molecular weight excluding hydrogens is 224 g/mol. The monoisotopic (exact) mass is 246 g/mol. The van der Waals surface area contributed by atoms with Gasteiger partial charge in [0.05, 0.1) is 7.11 Å². The molecule has 0 atom stereocenters. The first-order valence-electron chi connectivity index (χ1n) is 6.59. The summed E-state index contributed by atoms with van der Waals surface area (Å²) in [5.74, 6) is -0.310. The molecule has 0 heterocycles. The van der Waals surface area contributed by atoms with Crippen molar-refractivity contribution in [2.75, 3.05) is 7.11 Å². The number of esters is 1. The molecule has 0 aliphatic heterocycles. The zero-order valence-electron chi connectivity index (χ0n) is 11.5. The van der Waals surface area contributed by atoms with Gasteiger partial charge >= 0.3 is 5.97 Å². The van der Waals surface area contributed by atoms with Gasteiger partial charge in [-0.1, -0.05) is 44.9 Å². The maximum absolute atomic E-state index is 11.1. The molecule has 0 bridgehead atoms. The van der Waals surface area contributed by atoms with Crippen molar-refractivity contribution in [3.05, 3.63) is 41.0 Å². The van der Waals surface area contributed by atoms with Crippen LogP contribution in [0.4, 0.5) is 0 Å². The van der Waals surface area contributed by atoms with E-state index in [0.29, 0.717) is 0 Å². The van der Waals surface area contributed by atoms with E-state index < -0.39 is 0 Å². The third-order valence-corrected chi connectivity index (χ3v) is 2.87. The Morgan fingerprint density at radius 3 is 2.56 bits per heavy atom. The van der Waals surface area contributed by atoms with E-state index in [1.54, 1.807) is 0 Å². The van der Waals surface area contributed by atoms with Crippen LogP contribution >= 0.6 is 0 Å². The second-order valence-corrected chi connectivity index (χ2v) is 4.39. The highest BCUT2D eigenvalue weighted by atomic mass is 16.5. The number of carbonyl (C=O) groups is 1. The van der Waals surface area contributed by atoms with Crippen LogP contribution < -0.4 is 0 Å². The number of hydrogen-bond acceptors (Lipinski definition) is 2. The summed E-state index contributed by atoms with van der Waals surface area (Å²) in [6, 6.07) is 6.49. The van der Waals surface area contributed by atoms with Crippen molar-refractivity contribution in [3.63, 3.8) is 0 Å². The van der Waals surface area contributed by atoms with Gasteiger partial charge in [-0.15, -0.1) is 0 Å². The Morgan fingerprint density at radius 2 is 1.94 bits per heavy atom. The summed E-state index contributed by atoms with van der Waals surface area (Å²) in [7, 11) is 1.39. The van der Waals surface area contributed by atoms with Crippen LogP contribution in [-0.2, 0) is 22.4 Å². The van der Waals surface area contributed by atoms with E-state index in [1.807, 2.05) is 6.08 Å². The van der Waals surface area contributed by atoms with E-state index >= 15 is 0 Å². The Hall–Kier alpha value is -1.57. The zero-order chi connectivity index (χ0) is 13.4. The van der Waals surface area contributed by atoms with E-state index in [4.69, 9.17) is 0 Å². The number of methoxy groups -OCH3 is 1. The first-order chi connectivity index (χ1) is 8.71. The predicted octanol–water partition coefficient (Wildman–Crippen LogP) is 3.78. The lowest BCUT2D eigenvalue weighted by Crippen LogP contribution is -1.96. The second-order valence-electron chi connectivity index (χ2n) is 4.39. The Balaban J connectivity index is 2.95. The molecule has 0 fully saturated rings. The highest BCUT2D eigenvalue weighted by molar-refractivity contribution is 5.87. The third kappa shape index (κ3) is 4.36. The SMILES string of the molecule is CCCc1ccc(/C=C/C(=O)OC)c(CCC)c1. The van der Waals surface area contributed by atoms with Gasteiger partial charge in [-0.3, -0.25) is 0 Å². The number of rotatable bonds is 6. The van der Waals surface area contributed by atoms with Crippen LogP contribution in [0.3, 0.4) is 0 Å². The molecule has 0 aromatic heterocycles. The molecule has 98 valence electrons. The second kappa shape index (κ2) is 7.70. The van der Waals surface area contributed by atoms with Crippen LogP contribution in [0.1, 0.15) is 43.4 Å². The molecule has 1 aromatic carbocycles. The van der Waals surface area contributed by atoms with Gasteiger partial charge in [0, 0.05) is 6.08 Å². The minimum absolute atomic E-state index is 0.310. The molecule has 1 aromatic rings. The maximum Gasteiger partial charge on any atom is 0.330 e. The maximum atomic E-state index is 11.1. The lowest BCUT2D eigenvalue weighted by Gasteiger charge is -2.08. The van der Waals surface area contributed by atoms with Gasteiger partial charge in [0.1, 0.15) is 0 Å². The van der Waals surface area contributed by atoms with Crippen molar-refractivity contribution >= 4 is 12.0 Å². The number of hydrogen-bond donors (Lipinski definition) is 0. The minimum atomic E-state index is -0.310. The number of carbonyl (C=O) groups excluding carboxylic acids is 1. The van der Waals surface area contributed by atoms with Crippen molar-refractivity contribution in [2.24, 2.45) is 0 Å². The molecule has 2 heteroatoms. The molecule has 0 aliphatic rings. The van der Waals surface area contributed by atoms with Crippen molar-refractivity contribution < 1.29 is 9.53 Å². The minimum Gasteiger partial charge on any atom is -0.466 e. The van der Waals surface area contributed by atoms with Gasteiger partial charge in [0.2, 0.25) is 0 Å². The summed E-state index contributed by atoms with van der Waals surface area (Å²) in [5.41, 5.74) is 3.79. The molecular formula is C16H22O2. The van der Waals surface area contributed by atoms with Crippen LogP contribution in [-0.4, -0.2) is 13.1 Å². The van der Waals surface area contributed by atoms with Crippen LogP contribution in [0.2, 0.25) is 0 Å². The van der Waals surface area contributed by atoms with E-state index in [9.17, 15) is 4.79 Å². The molecule has 2 nitrogen and oxygen atoms in total. The van der Waals surface area contributed by atoms with Gasteiger partial charge in [-0.05, 0) is 35.6 Å². The summed E-state index contributed by atoms with van der Waals surface area (Å²) in [6.45, 7) is 4.35. The highest BCUT2D eigenvalue weighted by Gasteiger charge is 2.02. The molecule has 0 radical (unpaired) electrons. The highest BCUT2D eigenvalue weighted by Crippen LogP contribution is 2.17. The summed E-state index contributed by atoms with van der Waals surface area (Å²) < 4.78 is 4.61.